The molecule has 6 nitrogen and oxygen atoms in total. The minimum atomic E-state index is -3.56. The van der Waals surface area contributed by atoms with Crippen molar-refractivity contribution in [3.63, 3.8) is 0 Å². The van der Waals surface area contributed by atoms with E-state index in [0.717, 1.165) is 89.7 Å². The average molecular weight is 434 g/mol. The Morgan fingerprint density at radius 2 is 1.23 bits per heavy atom. The third kappa shape index (κ3) is 4.67. The largest absolute Gasteiger partial charge is 0.371 e. The van der Waals surface area contributed by atoms with Gasteiger partial charge in [0.15, 0.2) is 0 Å². The summed E-state index contributed by atoms with van der Waals surface area (Å²) < 4.78 is 28.1. The second-order valence-electron chi connectivity index (χ2n) is 8.90. The molecular formula is C23H35N3O3S. The van der Waals surface area contributed by atoms with Crippen LogP contribution in [-0.4, -0.2) is 62.8 Å². The zero-order valence-corrected chi connectivity index (χ0v) is 18.8. The monoisotopic (exact) mass is 433 g/mol. The molecular weight excluding hydrogens is 398 g/mol. The van der Waals surface area contributed by atoms with Gasteiger partial charge in [-0.25, -0.2) is 8.42 Å². The van der Waals surface area contributed by atoms with Crippen molar-refractivity contribution in [2.45, 2.75) is 69.1 Å². The summed E-state index contributed by atoms with van der Waals surface area (Å²) in [7, 11) is -3.56. The Morgan fingerprint density at radius 3 is 1.87 bits per heavy atom. The molecule has 0 aliphatic carbocycles. The van der Waals surface area contributed by atoms with Crippen LogP contribution in [0, 0.1) is 0 Å². The van der Waals surface area contributed by atoms with Crippen LogP contribution in [0.15, 0.2) is 23.1 Å². The summed E-state index contributed by atoms with van der Waals surface area (Å²) in [5.41, 5.74) is 1.47. The fraction of sp³-hybridized carbons (Fsp3) is 0.696. The van der Waals surface area contributed by atoms with Gasteiger partial charge >= 0.3 is 0 Å². The Bertz CT molecular complexity index is 835. The maximum absolute atomic E-state index is 13.6. The molecule has 3 aliphatic rings. The number of sulfonamides is 1. The van der Waals surface area contributed by atoms with Gasteiger partial charge in [0.1, 0.15) is 0 Å². The number of carbonyl (C=O) groups excluding carboxylic acids is 1. The Morgan fingerprint density at radius 1 is 0.700 bits per heavy atom. The normalized spacial score (nSPS) is 22.0. The first kappa shape index (κ1) is 21.6. The summed E-state index contributed by atoms with van der Waals surface area (Å²) in [4.78, 5) is 18.0. The standard InChI is InChI=1S/C23H35N3O3S/c27-23(25-15-5-1-2-6-16-25)21-19-20(30(28,29)26-17-9-4-10-18-26)11-12-22(21)24-13-7-3-8-14-24/h11-12,19H,1-10,13-18H2. The first-order valence-electron chi connectivity index (χ1n) is 11.8. The topological polar surface area (TPSA) is 60.9 Å². The highest BCUT2D eigenvalue weighted by atomic mass is 32.2. The maximum atomic E-state index is 13.6. The van der Waals surface area contributed by atoms with Crippen LogP contribution in [0.3, 0.4) is 0 Å². The van der Waals surface area contributed by atoms with Gasteiger partial charge in [-0.1, -0.05) is 19.3 Å². The van der Waals surface area contributed by atoms with Crippen molar-refractivity contribution in [1.82, 2.24) is 9.21 Å². The number of piperidine rings is 2. The van der Waals surface area contributed by atoms with Crippen molar-refractivity contribution in [3.8, 4) is 0 Å². The van der Waals surface area contributed by atoms with Gasteiger partial charge in [0.2, 0.25) is 10.0 Å². The number of nitrogens with zero attached hydrogens (tertiary/aromatic N) is 3. The van der Waals surface area contributed by atoms with Gasteiger partial charge in [-0.3, -0.25) is 4.79 Å². The molecule has 30 heavy (non-hydrogen) atoms. The Kier molecular flexibility index (Phi) is 6.98. The molecule has 1 aromatic carbocycles. The van der Waals surface area contributed by atoms with Gasteiger partial charge < -0.3 is 9.80 Å². The van der Waals surface area contributed by atoms with E-state index in [-0.39, 0.29) is 10.8 Å². The molecule has 1 aromatic rings. The van der Waals surface area contributed by atoms with E-state index in [4.69, 9.17) is 0 Å². The third-order valence-corrected chi connectivity index (χ3v) is 8.64. The van der Waals surface area contributed by atoms with E-state index in [9.17, 15) is 13.2 Å². The van der Waals surface area contributed by atoms with E-state index in [1.807, 2.05) is 11.0 Å². The second-order valence-corrected chi connectivity index (χ2v) is 10.8. The predicted octanol–water partition coefficient (Wildman–Crippen LogP) is 3.87. The number of rotatable bonds is 4. The van der Waals surface area contributed by atoms with Crippen LogP contribution >= 0.6 is 0 Å². The lowest BCUT2D eigenvalue weighted by molar-refractivity contribution is 0.0762. The van der Waals surface area contributed by atoms with Crippen molar-refractivity contribution in [2.75, 3.05) is 44.2 Å². The molecule has 3 aliphatic heterocycles. The zero-order valence-electron chi connectivity index (χ0n) is 18.0. The molecule has 3 saturated heterocycles. The third-order valence-electron chi connectivity index (χ3n) is 6.74. The van der Waals surface area contributed by atoms with Crippen LogP contribution in [0.4, 0.5) is 5.69 Å². The lowest BCUT2D eigenvalue weighted by Crippen LogP contribution is -2.37. The average Bonchev–Trinajstić information content (AvgIpc) is 3.09. The van der Waals surface area contributed by atoms with Gasteiger partial charge in [0.25, 0.3) is 5.91 Å². The predicted molar refractivity (Wildman–Crippen MR) is 119 cm³/mol. The molecule has 0 saturated carbocycles. The molecule has 0 aromatic heterocycles. The van der Waals surface area contributed by atoms with Crippen LogP contribution < -0.4 is 4.90 Å². The van der Waals surface area contributed by atoms with E-state index in [1.165, 1.54) is 6.42 Å². The van der Waals surface area contributed by atoms with Gasteiger partial charge in [-0.05, 0) is 63.1 Å². The molecule has 3 heterocycles. The van der Waals surface area contributed by atoms with Crippen molar-refractivity contribution in [3.05, 3.63) is 23.8 Å². The molecule has 0 bridgehead atoms. The molecule has 3 fully saturated rings. The van der Waals surface area contributed by atoms with Crippen molar-refractivity contribution < 1.29 is 13.2 Å². The Hall–Kier alpha value is -1.60. The number of carbonyl (C=O) groups is 1. The maximum Gasteiger partial charge on any atom is 0.256 e. The smallest absolute Gasteiger partial charge is 0.256 e. The molecule has 7 heteroatoms. The molecule has 166 valence electrons. The van der Waals surface area contributed by atoms with E-state index >= 15 is 0 Å². The van der Waals surface area contributed by atoms with Crippen LogP contribution in [0.5, 0.6) is 0 Å². The fourth-order valence-electron chi connectivity index (χ4n) is 4.96. The Labute approximate surface area is 181 Å². The highest BCUT2D eigenvalue weighted by molar-refractivity contribution is 7.89. The van der Waals surface area contributed by atoms with Crippen LogP contribution in [0.2, 0.25) is 0 Å². The van der Waals surface area contributed by atoms with Crippen LogP contribution in [0.1, 0.15) is 74.6 Å². The van der Waals surface area contributed by atoms with Crippen LogP contribution in [0.25, 0.3) is 0 Å². The minimum absolute atomic E-state index is 0.00633. The fourth-order valence-corrected chi connectivity index (χ4v) is 6.50. The first-order chi connectivity index (χ1) is 14.6. The molecule has 0 N–H and O–H groups in total. The number of benzene rings is 1. The quantitative estimate of drug-likeness (QED) is 0.723. The number of hydrogen-bond acceptors (Lipinski definition) is 4. The summed E-state index contributed by atoms with van der Waals surface area (Å²) in [5.74, 6) is -0.00633. The van der Waals surface area contributed by atoms with Crippen molar-refractivity contribution in [2.24, 2.45) is 0 Å². The highest BCUT2D eigenvalue weighted by Crippen LogP contribution is 2.30. The lowest BCUT2D eigenvalue weighted by Gasteiger charge is -2.32. The van der Waals surface area contributed by atoms with Gasteiger partial charge in [0.05, 0.1) is 10.5 Å². The molecule has 0 radical (unpaired) electrons. The number of hydrogen-bond donors (Lipinski definition) is 0. The van der Waals surface area contributed by atoms with Crippen molar-refractivity contribution in [1.29, 1.82) is 0 Å². The van der Waals surface area contributed by atoms with E-state index in [1.54, 1.807) is 16.4 Å². The summed E-state index contributed by atoms with van der Waals surface area (Å²) in [6, 6.07) is 5.27. The van der Waals surface area contributed by atoms with Gasteiger partial charge in [0, 0.05) is 45.0 Å². The van der Waals surface area contributed by atoms with Gasteiger partial charge in [-0.2, -0.15) is 4.31 Å². The van der Waals surface area contributed by atoms with E-state index < -0.39 is 10.0 Å². The minimum Gasteiger partial charge on any atom is -0.371 e. The number of amides is 1. The summed E-state index contributed by atoms with van der Waals surface area (Å²) >= 11 is 0. The lowest BCUT2D eigenvalue weighted by atomic mass is 10.1. The second kappa shape index (κ2) is 9.69. The number of likely N-dealkylation sites (tertiary alicyclic amines) is 1. The van der Waals surface area contributed by atoms with E-state index in [2.05, 4.69) is 4.90 Å². The van der Waals surface area contributed by atoms with Crippen molar-refractivity contribution >= 4 is 21.6 Å². The number of anilines is 1. The molecule has 4 rings (SSSR count). The Balaban J connectivity index is 1.69. The SMILES string of the molecule is O=C(c1cc(S(=O)(=O)N2CCCCC2)ccc1N1CCCCC1)N1CCCCCC1. The van der Waals surface area contributed by atoms with E-state index in [0.29, 0.717) is 18.7 Å². The first-order valence-corrected chi connectivity index (χ1v) is 13.2. The van der Waals surface area contributed by atoms with Crippen LogP contribution in [-0.2, 0) is 10.0 Å². The molecule has 1 amide bonds. The summed E-state index contributed by atoms with van der Waals surface area (Å²) in [6.07, 6.45) is 10.7. The summed E-state index contributed by atoms with van der Waals surface area (Å²) in [6.45, 7) is 4.54. The molecule has 0 unspecified atom stereocenters. The molecule has 0 spiro atoms. The van der Waals surface area contributed by atoms with Gasteiger partial charge in [-0.15, -0.1) is 0 Å². The highest BCUT2D eigenvalue weighted by Gasteiger charge is 2.30. The zero-order chi connectivity index (χ0) is 21.0. The summed E-state index contributed by atoms with van der Waals surface area (Å²) in [5, 5.41) is 0. The molecule has 0 atom stereocenters.